The Morgan fingerprint density at radius 1 is 1.30 bits per heavy atom. The maximum absolute atomic E-state index is 11.4. The quantitative estimate of drug-likeness (QED) is 0.608. The molecule has 3 heterocycles. The van der Waals surface area contributed by atoms with Crippen LogP contribution in [-0.4, -0.2) is 52.0 Å². The van der Waals surface area contributed by atoms with Gasteiger partial charge in [-0.25, -0.2) is 9.97 Å². The first-order valence-electron chi connectivity index (χ1n) is 7.45. The zero-order valence-electron chi connectivity index (χ0n) is 12.9. The summed E-state index contributed by atoms with van der Waals surface area (Å²) in [7, 11) is 0. The summed E-state index contributed by atoms with van der Waals surface area (Å²) in [6, 6.07) is 7.29. The van der Waals surface area contributed by atoms with E-state index < -0.39 is 0 Å². The molecule has 120 valence electrons. The van der Waals surface area contributed by atoms with Crippen LogP contribution in [0, 0.1) is 6.92 Å². The largest absolute Gasteiger partial charge is 0.369 e. The number of H-pyrrole nitrogens is 1. The molecule has 3 N–H and O–H groups in total. The molecule has 0 spiro atoms. The van der Waals surface area contributed by atoms with Crippen molar-refractivity contribution in [1.29, 1.82) is 0 Å². The molecule has 1 saturated heterocycles. The summed E-state index contributed by atoms with van der Waals surface area (Å²) in [5.74, 6) is 1.56. The lowest BCUT2D eigenvalue weighted by atomic mass is 10.3. The van der Waals surface area contributed by atoms with Gasteiger partial charge in [0.1, 0.15) is 5.82 Å². The fourth-order valence-corrected chi connectivity index (χ4v) is 2.50. The molecule has 0 amide bonds. The second-order valence-electron chi connectivity index (χ2n) is 5.34. The van der Waals surface area contributed by atoms with Gasteiger partial charge < -0.3 is 15.5 Å². The Bertz CT molecular complexity index is 748. The summed E-state index contributed by atoms with van der Waals surface area (Å²) in [4.78, 5) is 30.9. The first-order chi connectivity index (χ1) is 11.1. The van der Waals surface area contributed by atoms with E-state index in [-0.39, 0.29) is 11.5 Å². The third-order valence-corrected chi connectivity index (χ3v) is 3.65. The number of nitrogens with two attached hydrogens (primary N) is 1. The van der Waals surface area contributed by atoms with Crippen LogP contribution in [0.25, 0.3) is 0 Å². The number of aryl methyl sites for hydroxylation is 1. The van der Waals surface area contributed by atoms with Crippen molar-refractivity contribution in [3.8, 4) is 0 Å². The molecule has 2 aromatic heterocycles. The molecule has 1 aliphatic heterocycles. The van der Waals surface area contributed by atoms with E-state index in [9.17, 15) is 4.79 Å². The van der Waals surface area contributed by atoms with Gasteiger partial charge in [0.25, 0.3) is 5.56 Å². The number of hydrogen-bond donors (Lipinski definition) is 2. The maximum atomic E-state index is 11.4. The van der Waals surface area contributed by atoms with Crippen molar-refractivity contribution in [2.24, 2.45) is 10.7 Å². The van der Waals surface area contributed by atoms with Gasteiger partial charge in [-0.2, -0.15) is 4.99 Å². The second-order valence-corrected chi connectivity index (χ2v) is 5.34. The Labute approximate surface area is 133 Å². The van der Waals surface area contributed by atoms with E-state index in [0.717, 1.165) is 32.0 Å². The van der Waals surface area contributed by atoms with Crippen molar-refractivity contribution in [3.05, 3.63) is 46.5 Å². The van der Waals surface area contributed by atoms with Crippen LogP contribution < -0.4 is 16.2 Å². The number of nitrogens with zero attached hydrogens (tertiary/aromatic N) is 5. The van der Waals surface area contributed by atoms with Crippen molar-refractivity contribution >= 4 is 17.7 Å². The molecule has 0 unspecified atom stereocenters. The van der Waals surface area contributed by atoms with Crippen molar-refractivity contribution in [3.63, 3.8) is 0 Å². The molecule has 3 rings (SSSR count). The van der Waals surface area contributed by atoms with Crippen LogP contribution in [0.15, 0.2) is 40.2 Å². The number of nitrogens with one attached hydrogen (secondary N) is 1. The molecule has 0 saturated carbocycles. The van der Waals surface area contributed by atoms with Gasteiger partial charge >= 0.3 is 0 Å². The van der Waals surface area contributed by atoms with E-state index in [4.69, 9.17) is 5.73 Å². The van der Waals surface area contributed by atoms with Gasteiger partial charge in [0, 0.05) is 44.1 Å². The highest BCUT2D eigenvalue weighted by atomic mass is 16.1. The zero-order chi connectivity index (χ0) is 16.2. The first kappa shape index (κ1) is 15.0. The van der Waals surface area contributed by atoms with E-state index in [0.29, 0.717) is 11.7 Å². The number of anilines is 1. The molecule has 0 bridgehead atoms. The smallest absolute Gasteiger partial charge is 0.252 e. The maximum Gasteiger partial charge on any atom is 0.252 e. The predicted octanol–water partition coefficient (Wildman–Crippen LogP) is 0.242. The molecule has 0 radical (unpaired) electrons. The Hall–Kier alpha value is -2.90. The lowest BCUT2D eigenvalue weighted by molar-refractivity contribution is 0.381. The summed E-state index contributed by atoms with van der Waals surface area (Å²) in [6.07, 6.45) is 1.79. The van der Waals surface area contributed by atoms with Crippen molar-refractivity contribution in [2.75, 3.05) is 31.1 Å². The normalized spacial score (nSPS) is 15.8. The van der Waals surface area contributed by atoms with Crippen LogP contribution in [0.4, 0.5) is 11.8 Å². The number of guanidine groups is 1. The van der Waals surface area contributed by atoms with Crippen molar-refractivity contribution < 1.29 is 0 Å². The van der Waals surface area contributed by atoms with Crippen LogP contribution >= 0.6 is 0 Å². The van der Waals surface area contributed by atoms with Crippen LogP contribution in [0.2, 0.25) is 0 Å². The first-order valence-corrected chi connectivity index (χ1v) is 7.45. The van der Waals surface area contributed by atoms with Crippen LogP contribution in [0.3, 0.4) is 0 Å². The molecule has 23 heavy (non-hydrogen) atoms. The molecular weight excluding hydrogens is 294 g/mol. The van der Waals surface area contributed by atoms with Gasteiger partial charge in [0.15, 0.2) is 5.96 Å². The topological polar surface area (TPSA) is 103 Å². The minimum atomic E-state index is -0.232. The molecule has 0 aromatic carbocycles. The highest BCUT2D eigenvalue weighted by Crippen LogP contribution is 2.12. The van der Waals surface area contributed by atoms with Crippen molar-refractivity contribution in [1.82, 2.24) is 19.9 Å². The van der Waals surface area contributed by atoms with Gasteiger partial charge in [-0.1, -0.05) is 6.07 Å². The molecule has 1 aliphatic rings. The summed E-state index contributed by atoms with van der Waals surface area (Å²) in [5, 5.41) is 0. The fraction of sp³-hybridized carbons (Fsp3) is 0.333. The van der Waals surface area contributed by atoms with Gasteiger partial charge in [0.2, 0.25) is 5.95 Å². The van der Waals surface area contributed by atoms with E-state index in [1.54, 1.807) is 13.1 Å². The van der Waals surface area contributed by atoms with Gasteiger partial charge in [-0.05, 0) is 19.1 Å². The number of aromatic nitrogens is 3. The minimum absolute atomic E-state index is 0.232. The average molecular weight is 313 g/mol. The Morgan fingerprint density at radius 2 is 2.09 bits per heavy atom. The molecule has 8 nitrogen and oxygen atoms in total. The number of pyridine rings is 1. The monoisotopic (exact) mass is 313 g/mol. The number of aromatic amines is 1. The average Bonchev–Trinajstić information content (AvgIpc) is 2.55. The number of piperazine rings is 1. The fourth-order valence-electron chi connectivity index (χ4n) is 2.50. The van der Waals surface area contributed by atoms with E-state index in [1.165, 1.54) is 6.07 Å². The molecular formula is C15H19N7O. The van der Waals surface area contributed by atoms with Crippen LogP contribution in [-0.2, 0) is 0 Å². The number of rotatable bonds is 2. The van der Waals surface area contributed by atoms with Crippen molar-refractivity contribution in [2.45, 2.75) is 6.92 Å². The Kier molecular flexibility index (Phi) is 4.22. The Morgan fingerprint density at radius 3 is 2.74 bits per heavy atom. The highest BCUT2D eigenvalue weighted by molar-refractivity contribution is 5.80. The summed E-state index contributed by atoms with van der Waals surface area (Å²) in [6.45, 7) is 4.84. The summed E-state index contributed by atoms with van der Waals surface area (Å²) >= 11 is 0. The molecule has 1 fully saturated rings. The number of aliphatic imine (C=N–C) groups is 1. The highest BCUT2D eigenvalue weighted by Gasteiger charge is 2.19. The Balaban J connectivity index is 1.67. The molecule has 8 heteroatoms. The van der Waals surface area contributed by atoms with Crippen LogP contribution in [0.1, 0.15) is 5.69 Å². The molecule has 0 atom stereocenters. The lowest BCUT2D eigenvalue weighted by Crippen LogP contribution is -2.51. The third kappa shape index (κ3) is 3.65. The lowest BCUT2D eigenvalue weighted by Gasteiger charge is -2.35. The van der Waals surface area contributed by atoms with E-state index >= 15 is 0 Å². The van der Waals surface area contributed by atoms with E-state index in [1.807, 2.05) is 23.1 Å². The number of hydrogen-bond acceptors (Lipinski definition) is 5. The van der Waals surface area contributed by atoms with E-state index in [2.05, 4.69) is 24.8 Å². The van der Waals surface area contributed by atoms with Gasteiger partial charge in [-0.15, -0.1) is 0 Å². The standard InChI is InChI=1S/C15H19N7O/c1-11-10-13(23)19-15(18-11)20-14(16)22-8-6-21(7-9-22)12-4-2-3-5-17-12/h2-5,10H,6-9H2,1H3,(H3,16,18,19,20,23). The second kappa shape index (κ2) is 6.47. The minimum Gasteiger partial charge on any atom is -0.369 e. The SMILES string of the molecule is Cc1cc(=O)[nH]c(/N=C(\N)N2CCN(c3ccccn3)CC2)n1. The zero-order valence-corrected chi connectivity index (χ0v) is 12.9. The summed E-state index contributed by atoms with van der Waals surface area (Å²) < 4.78 is 0. The van der Waals surface area contributed by atoms with Gasteiger partial charge in [-0.3, -0.25) is 9.78 Å². The molecule has 0 aliphatic carbocycles. The van der Waals surface area contributed by atoms with Gasteiger partial charge in [0.05, 0.1) is 0 Å². The third-order valence-electron chi connectivity index (χ3n) is 3.65. The molecule has 2 aromatic rings. The van der Waals surface area contributed by atoms with Crippen LogP contribution in [0.5, 0.6) is 0 Å². The predicted molar refractivity (Wildman–Crippen MR) is 88.9 cm³/mol. The summed E-state index contributed by atoms with van der Waals surface area (Å²) in [5.41, 5.74) is 6.42.